The van der Waals surface area contributed by atoms with Gasteiger partial charge in [0.25, 0.3) is 5.91 Å². The minimum absolute atomic E-state index is 0.242. The zero-order chi connectivity index (χ0) is 14.5. The number of aromatic nitrogens is 2. The van der Waals surface area contributed by atoms with E-state index in [2.05, 4.69) is 15.5 Å². The SMILES string of the molecule is O=C(Nc1nnc(/C=C/c2ccccc2)s1)c1ccco1. The summed E-state index contributed by atoms with van der Waals surface area (Å²) in [4.78, 5) is 11.8. The highest BCUT2D eigenvalue weighted by Crippen LogP contribution is 2.18. The first-order valence-corrected chi connectivity index (χ1v) is 7.04. The molecule has 6 heteroatoms. The maximum atomic E-state index is 11.8. The minimum Gasteiger partial charge on any atom is -0.459 e. The van der Waals surface area contributed by atoms with E-state index in [-0.39, 0.29) is 11.7 Å². The van der Waals surface area contributed by atoms with Crippen LogP contribution >= 0.6 is 11.3 Å². The number of benzene rings is 1. The van der Waals surface area contributed by atoms with E-state index in [1.807, 2.05) is 42.5 Å². The van der Waals surface area contributed by atoms with Gasteiger partial charge in [0.2, 0.25) is 5.13 Å². The molecule has 104 valence electrons. The second-order valence-corrected chi connectivity index (χ2v) is 5.13. The topological polar surface area (TPSA) is 68.0 Å². The van der Waals surface area contributed by atoms with Crippen molar-refractivity contribution in [2.75, 3.05) is 5.32 Å². The van der Waals surface area contributed by atoms with Crippen molar-refractivity contribution >= 4 is 34.5 Å². The van der Waals surface area contributed by atoms with Crippen LogP contribution in [0.1, 0.15) is 21.1 Å². The fraction of sp³-hybridized carbons (Fsp3) is 0. The third kappa shape index (κ3) is 3.43. The van der Waals surface area contributed by atoms with Crippen LogP contribution in [-0.2, 0) is 0 Å². The van der Waals surface area contributed by atoms with Crippen molar-refractivity contribution in [2.45, 2.75) is 0 Å². The molecule has 3 aromatic rings. The maximum Gasteiger partial charge on any atom is 0.293 e. The summed E-state index contributed by atoms with van der Waals surface area (Å²) in [7, 11) is 0. The summed E-state index contributed by atoms with van der Waals surface area (Å²) < 4.78 is 5.01. The van der Waals surface area contributed by atoms with Crippen LogP contribution in [0.2, 0.25) is 0 Å². The van der Waals surface area contributed by atoms with Gasteiger partial charge in [-0.05, 0) is 23.8 Å². The fourth-order valence-electron chi connectivity index (χ4n) is 1.65. The van der Waals surface area contributed by atoms with Crippen molar-refractivity contribution in [2.24, 2.45) is 0 Å². The van der Waals surface area contributed by atoms with Crippen molar-refractivity contribution in [3.8, 4) is 0 Å². The summed E-state index contributed by atoms with van der Waals surface area (Å²) in [6, 6.07) is 13.1. The molecule has 1 amide bonds. The number of carbonyl (C=O) groups excluding carboxylic acids is 1. The molecule has 0 aliphatic rings. The first kappa shape index (κ1) is 13.3. The van der Waals surface area contributed by atoms with Crippen LogP contribution in [0.5, 0.6) is 0 Å². The lowest BCUT2D eigenvalue weighted by atomic mass is 10.2. The van der Waals surface area contributed by atoms with E-state index >= 15 is 0 Å². The molecule has 0 fully saturated rings. The van der Waals surface area contributed by atoms with Gasteiger partial charge in [0, 0.05) is 0 Å². The van der Waals surface area contributed by atoms with Gasteiger partial charge in [0.1, 0.15) is 5.01 Å². The maximum absolute atomic E-state index is 11.8. The van der Waals surface area contributed by atoms with Gasteiger partial charge in [-0.15, -0.1) is 10.2 Å². The number of rotatable bonds is 4. The molecular formula is C15H11N3O2S. The van der Waals surface area contributed by atoms with Crippen LogP contribution in [0.4, 0.5) is 5.13 Å². The normalized spacial score (nSPS) is 10.9. The average molecular weight is 297 g/mol. The Hall–Kier alpha value is -2.73. The first-order valence-electron chi connectivity index (χ1n) is 6.23. The van der Waals surface area contributed by atoms with Gasteiger partial charge in [0.15, 0.2) is 5.76 Å². The van der Waals surface area contributed by atoms with E-state index in [9.17, 15) is 4.79 Å². The zero-order valence-electron chi connectivity index (χ0n) is 10.9. The summed E-state index contributed by atoms with van der Waals surface area (Å²) in [5.74, 6) is -0.0960. The van der Waals surface area contributed by atoms with E-state index < -0.39 is 0 Å². The van der Waals surface area contributed by atoms with Crippen LogP contribution in [0.15, 0.2) is 53.1 Å². The average Bonchev–Trinajstić information content (AvgIpc) is 3.18. The second-order valence-electron chi connectivity index (χ2n) is 4.12. The molecule has 3 rings (SSSR count). The molecule has 0 atom stereocenters. The number of amides is 1. The molecule has 0 aliphatic heterocycles. The third-order valence-corrected chi connectivity index (χ3v) is 3.43. The predicted octanol–water partition coefficient (Wildman–Crippen LogP) is 3.55. The van der Waals surface area contributed by atoms with Gasteiger partial charge in [-0.3, -0.25) is 10.1 Å². The molecule has 0 radical (unpaired) electrons. The van der Waals surface area contributed by atoms with Crippen molar-refractivity contribution in [3.63, 3.8) is 0 Å². The molecule has 0 aliphatic carbocycles. The smallest absolute Gasteiger partial charge is 0.293 e. The van der Waals surface area contributed by atoms with Crippen molar-refractivity contribution < 1.29 is 9.21 Å². The van der Waals surface area contributed by atoms with Crippen molar-refractivity contribution in [1.82, 2.24) is 10.2 Å². The summed E-state index contributed by atoms with van der Waals surface area (Å²) in [6.07, 6.45) is 5.25. The van der Waals surface area contributed by atoms with Gasteiger partial charge in [0.05, 0.1) is 6.26 Å². The molecule has 1 aromatic carbocycles. The summed E-state index contributed by atoms with van der Waals surface area (Å²) in [5, 5.41) is 11.7. The molecule has 0 saturated carbocycles. The third-order valence-electron chi connectivity index (χ3n) is 2.62. The Morgan fingerprint density at radius 3 is 2.71 bits per heavy atom. The van der Waals surface area contributed by atoms with E-state index in [0.717, 1.165) is 5.56 Å². The molecule has 5 nitrogen and oxygen atoms in total. The van der Waals surface area contributed by atoms with Gasteiger partial charge >= 0.3 is 0 Å². The van der Waals surface area contributed by atoms with Gasteiger partial charge in [-0.25, -0.2) is 0 Å². The number of anilines is 1. The lowest BCUT2D eigenvalue weighted by Crippen LogP contribution is -2.10. The summed E-state index contributed by atoms with van der Waals surface area (Å²) in [6.45, 7) is 0. The highest BCUT2D eigenvalue weighted by molar-refractivity contribution is 7.16. The number of nitrogens with zero attached hydrogens (tertiary/aromatic N) is 2. The second kappa shape index (κ2) is 6.15. The van der Waals surface area contributed by atoms with Crippen LogP contribution in [0, 0.1) is 0 Å². The monoisotopic (exact) mass is 297 g/mol. The lowest BCUT2D eigenvalue weighted by molar-refractivity contribution is 0.0996. The van der Waals surface area contributed by atoms with Crippen LogP contribution < -0.4 is 5.32 Å². The van der Waals surface area contributed by atoms with Gasteiger partial charge in [-0.1, -0.05) is 47.7 Å². The molecule has 0 saturated heterocycles. The molecule has 0 bridgehead atoms. The van der Waals surface area contributed by atoms with E-state index in [4.69, 9.17) is 4.42 Å². The van der Waals surface area contributed by atoms with Crippen LogP contribution in [-0.4, -0.2) is 16.1 Å². The van der Waals surface area contributed by atoms with Crippen molar-refractivity contribution in [3.05, 3.63) is 65.1 Å². The number of hydrogen-bond acceptors (Lipinski definition) is 5. The summed E-state index contributed by atoms with van der Waals surface area (Å²) in [5.41, 5.74) is 1.08. The number of furan rings is 1. The largest absolute Gasteiger partial charge is 0.459 e. The molecule has 0 spiro atoms. The van der Waals surface area contributed by atoms with E-state index in [1.165, 1.54) is 17.6 Å². The Labute approximate surface area is 125 Å². The number of nitrogens with one attached hydrogen (secondary N) is 1. The Kier molecular flexibility index (Phi) is 3.88. The Balaban J connectivity index is 1.66. The zero-order valence-corrected chi connectivity index (χ0v) is 11.7. The lowest BCUT2D eigenvalue weighted by Gasteiger charge is -1.95. The standard InChI is InChI=1S/C15H11N3O2S/c19-14(12-7-4-10-20-12)16-15-18-17-13(21-15)9-8-11-5-2-1-3-6-11/h1-10H,(H,16,18,19)/b9-8+. The van der Waals surface area contributed by atoms with Gasteiger partial charge < -0.3 is 4.42 Å². The summed E-state index contributed by atoms with van der Waals surface area (Å²) >= 11 is 1.30. The molecular weight excluding hydrogens is 286 g/mol. The molecule has 0 unspecified atom stereocenters. The highest BCUT2D eigenvalue weighted by atomic mass is 32.1. The Morgan fingerprint density at radius 2 is 1.95 bits per heavy atom. The number of hydrogen-bond donors (Lipinski definition) is 1. The predicted molar refractivity (Wildman–Crippen MR) is 81.9 cm³/mol. The van der Waals surface area contributed by atoms with E-state index in [1.54, 1.807) is 12.1 Å². The van der Waals surface area contributed by atoms with Crippen molar-refractivity contribution in [1.29, 1.82) is 0 Å². The Morgan fingerprint density at radius 1 is 1.10 bits per heavy atom. The fourth-order valence-corrected chi connectivity index (χ4v) is 2.29. The molecule has 2 heterocycles. The minimum atomic E-state index is -0.338. The Bertz CT molecular complexity index is 748. The van der Waals surface area contributed by atoms with Crippen LogP contribution in [0.3, 0.4) is 0 Å². The number of carbonyl (C=O) groups is 1. The molecule has 1 N–H and O–H groups in total. The molecule has 2 aromatic heterocycles. The highest BCUT2D eigenvalue weighted by Gasteiger charge is 2.11. The molecule has 21 heavy (non-hydrogen) atoms. The quantitative estimate of drug-likeness (QED) is 0.799. The first-order chi connectivity index (χ1) is 10.3. The van der Waals surface area contributed by atoms with Crippen LogP contribution in [0.25, 0.3) is 12.2 Å². The van der Waals surface area contributed by atoms with Gasteiger partial charge in [-0.2, -0.15) is 0 Å². The van der Waals surface area contributed by atoms with E-state index in [0.29, 0.717) is 10.1 Å².